The van der Waals surface area contributed by atoms with Crippen LogP contribution in [-0.4, -0.2) is 74.4 Å². The van der Waals surface area contributed by atoms with Gasteiger partial charge >= 0.3 is 4.96 Å². The summed E-state index contributed by atoms with van der Waals surface area (Å²) in [6.45, 7) is 5.30. The molecule has 4 fully saturated rings. The minimum Gasteiger partial charge on any atom is -0.264 e. The highest BCUT2D eigenvalue weighted by molar-refractivity contribution is 7.54. The van der Waals surface area contributed by atoms with Crippen molar-refractivity contribution in [1.82, 2.24) is 0 Å². The third-order valence-electron chi connectivity index (χ3n) is 6.89. The fraction of sp³-hybridized carbons (Fsp3) is 0.543. The van der Waals surface area contributed by atoms with Gasteiger partial charge in [0.15, 0.2) is 0 Å². The molecule has 0 spiro atoms. The first-order valence-corrected chi connectivity index (χ1v) is 21.1. The lowest BCUT2D eigenvalue weighted by atomic mass is 10.1. The molecule has 4 saturated carbocycles. The van der Waals surface area contributed by atoms with Gasteiger partial charge in [0, 0.05) is 70.4 Å². The Morgan fingerprint density at radius 3 is 1.08 bits per heavy atom. The fourth-order valence-electron chi connectivity index (χ4n) is 3.46. The van der Waals surface area contributed by atoms with E-state index in [9.17, 15) is 40.5 Å². The maximum absolute atomic E-state index is 9.99. The van der Waals surface area contributed by atoms with Crippen molar-refractivity contribution in [3.63, 3.8) is 0 Å². The van der Waals surface area contributed by atoms with E-state index in [1.807, 2.05) is 44.2 Å². The first kappa shape index (κ1) is 64.2. The van der Waals surface area contributed by atoms with Crippen LogP contribution in [0.15, 0.2) is 42.5 Å². The second kappa shape index (κ2) is 40.9. The Hall–Kier alpha value is -3.91. The highest BCUT2D eigenvalue weighted by atomic mass is 35.6. The van der Waals surface area contributed by atoms with Crippen LogP contribution >= 0.6 is 80.8 Å². The normalized spacial score (nSPS) is 17.8. The lowest BCUT2D eigenvalue weighted by molar-refractivity contribution is -0.558. The Morgan fingerprint density at radius 1 is 0.593 bits per heavy atom. The van der Waals surface area contributed by atoms with Gasteiger partial charge in [-0.15, -0.1) is 46.4 Å². The molecule has 0 bridgehead atoms. The van der Waals surface area contributed by atoms with Gasteiger partial charge in [-0.3, -0.25) is 40.5 Å². The van der Waals surface area contributed by atoms with Crippen LogP contribution in [0.3, 0.4) is 0 Å². The predicted octanol–water partition coefficient (Wildman–Crippen LogP) is 10.5. The van der Waals surface area contributed by atoms with Crippen LogP contribution in [0.5, 0.6) is 0 Å². The zero-order valence-electron chi connectivity index (χ0n) is 33.3. The molecule has 0 aromatic heterocycles. The van der Waals surface area contributed by atoms with Crippen LogP contribution in [-0.2, 0) is 0 Å². The molecule has 326 valence electrons. The molecular formula is C35H46BCl7N8O8. The van der Waals surface area contributed by atoms with Gasteiger partial charge in [-0.1, -0.05) is 44.4 Å². The molecule has 0 N–H and O–H groups in total. The summed E-state index contributed by atoms with van der Waals surface area (Å²) in [4.78, 5) is 37.0. The molecule has 0 amide bonds. The second-order valence-corrected chi connectivity index (χ2v) is 13.3. The summed E-state index contributed by atoms with van der Waals surface area (Å²) in [6.07, 6.45) is 12.8. The molecule has 16 nitrogen and oxygen atoms in total. The summed E-state index contributed by atoms with van der Waals surface area (Å²) in [5, 5.41) is 73.3. The van der Waals surface area contributed by atoms with Crippen molar-refractivity contribution in [1.29, 1.82) is 21.0 Å². The first-order valence-electron chi connectivity index (χ1n) is 16.7. The van der Waals surface area contributed by atoms with E-state index >= 15 is 0 Å². The molecule has 0 radical (unpaired) electrons. The van der Waals surface area contributed by atoms with E-state index in [2.05, 4.69) is 46.4 Å². The SMILES string of the molecule is C1CC1.CC1C([N+](=O)[O-])C1[N+](=O)[O-].CC1CC1[N+](=O)[O-].CCl.CCl.CCl.CCl.Cc1ccc(C#N)c(C#N)c1.ClB(Cl)Cl.N#Cc1ccccc1C#N.O=[N+]([O-])C1CC1. The highest BCUT2D eigenvalue weighted by Crippen LogP contribution is 2.35. The average molecular weight is 966 g/mol. The molecule has 6 rings (SSSR count). The van der Waals surface area contributed by atoms with Gasteiger partial charge < -0.3 is 0 Å². The van der Waals surface area contributed by atoms with E-state index in [0.29, 0.717) is 28.2 Å². The second-order valence-electron chi connectivity index (χ2n) is 11.3. The maximum Gasteiger partial charge on any atom is 0.450 e. The number of hydrogen-bond donors (Lipinski definition) is 0. The molecule has 4 aliphatic rings. The van der Waals surface area contributed by atoms with Gasteiger partial charge in [-0.2, -0.15) is 55.4 Å². The van der Waals surface area contributed by atoms with E-state index in [1.165, 1.54) is 51.7 Å². The quantitative estimate of drug-likeness (QED) is 0.120. The van der Waals surface area contributed by atoms with Crippen molar-refractivity contribution in [2.24, 2.45) is 11.8 Å². The number of nitrogens with zero attached hydrogens (tertiary/aromatic N) is 8. The van der Waals surface area contributed by atoms with E-state index in [4.69, 9.17) is 55.4 Å². The Bertz CT molecular complexity index is 1630. The summed E-state index contributed by atoms with van der Waals surface area (Å²) in [7, 11) is 0. The monoisotopic (exact) mass is 962 g/mol. The van der Waals surface area contributed by atoms with Crippen LogP contribution in [0.1, 0.15) is 80.2 Å². The molecule has 24 heteroatoms. The molecule has 0 heterocycles. The lowest BCUT2D eigenvalue weighted by Gasteiger charge is -1.94. The topological polar surface area (TPSA) is 268 Å². The van der Waals surface area contributed by atoms with E-state index < -0.39 is 32.8 Å². The Labute approximate surface area is 380 Å². The van der Waals surface area contributed by atoms with Gasteiger partial charge in [-0.05, 0) is 43.7 Å². The Morgan fingerprint density at radius 2 is 0.915 bits per heavy atom. The van der Waals surface area contributed by atoms with E-state index in [1.54, 1.807) is 36.4 Å². The molecule has 0 saturated heterocycles. The van der Waals surface area contributed by atoms with Crippen LogP contribution in [0.2, 0.25) is 0 Å². The van der Waals surface area contributed by atoms with Crippen molar-refractivity contribution in [3.8, 4) is 24.3 Å². The summed E-state index contributed by atoms with van der Waals surface area (Å²) in [5.74, 6) is -0.0556. The molecule has 2 aromatic rings. The summed E-state index contributed by atoms with van der Waals surface area (Å²) in [5.41, 5.74) is 2.76. The summed E-state index contributed by atoms with van der Waals surface area (Å²) < 4.78 is 0. The molecule has 4 atom stereocenters. The van der Waals surface area contributed by atoms with Crippen LogP contribution in [0, 0.1) is 105 Å². The van der Waals surface area contributed by atoms with Crippen molar-refractivity contribution >= 4 is 85.7 Å². The zero-order valence-corrected chi connectivity index (χ0v) is 38.6. The Balaban J connectivity index is -0.000000191. The van der Waals surface area contributed by atoms with E-state index in [-0.39, 0.29) is 21.9 Å². The molecule has 2 aromatic carbocycles. The first-order chi connectivity index (χ1) is 28.0. The van der Waals surface area contributed by atoms with Crippen LogP contribution in [0.4, 0.5) is 0 Å². The van der Waals surface area contributed by atoms with Gasteiger partial charge in [0.1, 0.15) is 30.2 Å². The Kier molecular flexibility index (Phi) is 44.5. The number of hydrogen-bond acceptors (Lipinski definition) is 12. The molecular weight excluding hydrogens is 919 g/mol. The van der Waals surface area contributed by atoms with Crippen molar-refractivity contribution in [2.75, 3.05) is 25.5 Å². The highest BCUT2D eigenvalue weighted by Gasteiger charge is 2.67. The lowest BCUT2D eigenvalue weighted by Crippen LogP contribution is -2.12. The number of aryl methyl sites for hydroxylation is 1. The van der Waals surface area contributed by atoms with Crippen molar-refractivity contribution < 1.29 is 19.7 Å². The molecule has 4 unspecified atom stereocenters. The number of halogens is 7. The number of alkyl halides is 4. The smallest absolute Gasteiger partial charge is 0.264 e. The zero-order chi connectivity index (χ0) is 47.3. The third-order valence-corrected chi connectivity index (χ3v) is 6.89. The van der Waals surface area contributed by atoms with Crippen molar-refractivity contribution in [3.05, 3.63) is 111 Å². The standard InChI is InChI=1S/C9H6N2.C8H4N2.C4H6N2O4.C4H7NO2.C3H5NO2.C3H6.4CH3Cl.BCl3/c1-7-2-3-8(5-10)9(4-7)6-11;9-5-7-3-1-2-4-8(7)6-10;1-2-3(5(7)8)4(2)6(9)10;1-3-2-4(3)5(6)7;5-4(6)3-1-2-3;1-2-3-1;4*1-2;2-1(3)4/h2-4H,1H3;1-4H;2-4H,1H3;3-4H,2H2,1H3;3H,1-2H2;1-3H2;4*1H3;. The number of nitriles is 4. The number of rotatable bonds is 4. The van der Waals surface area contributed by atoms with E-state index in [0.717, 1.165) is 24.8 Å². The number of benzene rings is 2. The average Bonchev–Trinajstić information content (AvgIpc) is 4.02. The molecule has 4 aliphatic carbocycles. The van der Waals surface area contributed by atoms with Gasteiger partial charge in [-0.25, -0.2) is 0 Å². The van der Waals surface area contributed by atoms with Gasteiger partial charge in [0.05, 0.1) is 22.3 Å². The van der Waals surface area contributed by atoms with Gasteiger partial charge in [0.25, 0.3) is 12.1 Å². The summed E-state index contributed by atoms with van der Waals surface area (Å²) >= 11 is 33.0. The largest absolute Gasteiger partial charge is 0.450 e. The van der Waals surface area contributed by atoms with Crippen LogP contribution < -0.4 is 0 Å². The number of nitro groups is 4. The van der Waals surface area contributed by atoms with Gasteiger partial charge in [0.2, 0.25) is 12.1 Å². The van der Waals surface area contributed by atoms with Crippen molar-refractivity contribution in [2.45, 2.75) is 83.5 Å². The molecule has 0 aliphatic heterocycles. The fourth-order valence-corrected chi connectivity index (χ4v) is 3.46. The molecule has 59 heavy (non-hydrogen) atoms. The van der Waals surface area contributed by atoms with Crippen LogP contribution in [0.25, 0.3) is 0 Å². The third kappa shape index (κ3) is 35.7. The predicted molar refractivity (Wildman–Crippen MR) is 236 cm³/mol. The minimum absolute atomic E-state index is 0.176. The minimum atomic E-state index is -0.949. The summed E-state index contributed by atoms with van der Waals surface area (Å²) in [6, 6.07) is 17.4. The maximum atomic E-state index is 9.99.